The van der Waals surface area contributed by atoms with E-state index in [4.69, 9.17) is 10.7 Å². The Morgan fingerprint density at radius 1 is 1.12 bits per heavy atom. The number of benzene rings is 1. The molecule has 0 saturated carbocycles. The molecule has 1 saturated heterocycles. The minimum atomic E-state index is -0.140. The van der Waals surface area contributed by atoms with E-state index in [9.17, 15) is 4.79 Å². The van der Waals surface area contributed by atoms with Crippen molar-refractivity contribution in [3.63, 3.8) is 0 Å². The molecule has 0 atom stereocenters. The Hall–Kier alpha value is -4.28. The summed E-state index contributed by atoms with van der Waals surface area (Å²) in [6.45, 7) is 1.20. The zero-order chi connectivity index (χ0) is 21.7. The maximum absolute atomic E-state index is 12.6. The molecule has 0 aliphatic carbocycles. The van der Waals surface area contributed by atoms with Crippen molar-refractivity contribution in [2.75, 3.05) is 18.8 Å². The van der Waals surface area contributed by atoms with Gasteiger partial charge in [0, 0.05) is 29.9 Å². The number of nitrogen functional groups attached to an aromatic ring is 1. The van der Waals surface area contributed by atoms with E-state index in [1.165, 1.54) is 12.7 Å². The number of H-pyrrole nitrogens is 2. The van der Waals surface area contributed by atoms with E-state index in [2.05, 4.69) is 42.4 Å². The maximum atomic E-state index is 12.6. The van der Waals surface area contributed by atoms with Crippen molar-refractivity contribution >= 4 is 28.1 Å². The molecule has 4 aromatic heterocycles. The van der Waals surface area contributed by atoms with Crippen molar-refractivity contribution < 1.29 is 4.79 Å². The third-order valence-electron chi connectivity index (χ3n) is 6.04. The first kappa shape index (κ1) is 18.5. The van der Waals surface area contributed by atoms with Crippen LogP contribution in [0.5, 0.6) is 0 Å². The van der Waals surface area contributed by atoms with Crippen LogP contribution in [0, 0.1) is 0 Å². The molecule has 11 nitrogen and oxygen atoms in total. The lowest BCUT2D eigenvalue weighted by Gasteiger charge is -2.30. The highest BCUT2D eigenvalue weighted by molar-refractivity contribution is 5.91. The number of nitrogens with one attached hydrogen (secondary N) is 2. The van der Waals surface area contributed by atoms with Crippen LogP contribution < -0.4 is 5.73 Å². The maximum Gasteiger partial charge on any atom is 0.291 e. The molecule has 1 amide bonds. The van der Waals surface area contributed by atoms with E-state index < -0.39 is 0 Å². The van der Waals surface area contributed by atoms with Gasteiger partial charge in [-0.15, -0.1) is 0 Å². The van der Waals surface area contributed by atoms with Crippen LogP contribution in [0.2, 0.25) is 0 Å². The van der Waals surface area contributed by atoms with Crippen LogP contribution in [0.4, 0.5) is 5.82 Å². The van der Waals surface area contributed by atoms with Crippen LogP contribution in [0.3, 0.4) is 0 Å². The summed E-state index contributed by atoms with van der Waals surface area (Å²) in [5.74, 6) is 1.46. The minimum absolute atomic E-state index is 0.133. The van der Waals surface area contributed by atoms with Crippen LogP contribution in [0.1, 0.15) is 35.2 Å². The van der Waals surface area contributed by atoms with Crippen molar-refractivity contribution in [2.24, 2.45) is 0 Å². The number of nitrogens with two attached hydrogens (primary N) is 1. The Balaban J connectivity index is 1.35. The van der Waals surface area contributed by atoms with Gasteiger partial charge in [-0.25, -0.2) is 19.5 Å². The van der Waals surface area contributed by atoms with Crippen molar-refractivity contribution in [1.29, 1.82) is 0 Å². The summed E-state index contributed by atoms with van der Waals surface area (Å²) in [4.78, 5) is 30.9. The van der Waals surface area contributed by atoms with Gasteiger partial charge in [-0.05, 0) is 25.0 Å². The largest absolute Gasteiger partial charge is 0.382 e. The summed E-state index contributed by atoms with van der Waals surface area (Å²) in [5.41, 5.74) is 9.57. The Bertz CT molecular complexity index is 1390. The van der Waals surface area contributed by atoms with Gasteiger partial charge in [0.1, 0.15) is 29.7 Å². The lowest BCUT2D eigenvalue weighted by atomic mass is 9.96. The quantitative estimate of drug-likeness (QED) is 0.398. The van der Waals surface area contributed by atoms with E-state index in [1.54, 1.807) is 9.42 Å². The zero-order valence-electron chi connectivity index (χ0n) is 17.1. The lowest BCUT2D eigenvalue weighted by molar-refractivity contribution is 0.0699. The van der Waals surface area contributed by atoms with Crippen LogP contribution in [-0.2, 0) is 0 Å². The van der Waals surface area contributed by atoms with Crippen molar-refractivity contribution in [1.82, 2.24) is 44.6 Å². The molecule has 0 unspecified atom stereocenters. The number of piperidine rings is 1. The van der Waals surface area contributed by atoms with Crippen molar-refractivity contribution in [3.8, 4) is 11.4 Å². The summed E-state index contributed by atoms with van der Waals surface area (Å²) in [6.07, 6.45) is 4.31. The molecule has 1 fully saturated rings. The van der Waals surface area contributed by atoms with Gasteiger partial charge in [0.2, 0.25) is 5.82 Å². The second-order valence-corrected chi connectivity index (χ2v) is 7.90. The molecule has 32 heavy (non-hydrogen) atoms. The number of carbonyl (C=O) groups excluding carboxylic acids is 1. The first-order valence-electron chi connectivity index (χ1n) is 10.4. The number of para-hydroxylation sites is 1. The number of imidazole rings is 1. The standard InChI is InChI=1S/C21H20N10O/c22-18-17-16(15-9-13-3-1-2-4-14(13)27-15)28-20(31(17)26-11-23-18)12-5-7-30(8-6-12)21(32)19-24-10-25-29-19/h1-4,9-12,27H,5-8H2,(H2,22,23,26)(H,24,25,29). The molecule has 1 aliphatic heterocycles. The Morgan fingerprint density at radius 2 is 1.97 bits per heavy atom. The first-order valence-corrected chi connectivity index (χ1v) is 10.4. The number of amides is 1. The van der Waals surface area contributed by atoms with E-state index in [0.29, 0.717) is 24.4 Å². The lowest BCUT2D eigenvalue weighted by Crippen LogP contribution is -2.38. The number of anilines is 1. The number of nitrogens with zero attached hydrogens (tertiary/aromatic N) is 7. The fourth-order valence-electron chi connectivity index (χ4n) is 4.43. The zero-order valence-corrected chi connectivity index (χ0v) is 17.1. The minimum Gasteiger partial charge on any atom is -0.382 e. The molecule has 5 aromatic rings. The third-order valence-corrected chi connectivity index (χ3v) is 6.04. The van der Waals surface area contributed by atoms with Gasteiger partial charge in [-0.2, -0.15) is 10.2 Å². The number of fused-ring (bicyclic) bond motifs is 2. The average molecular weight is 428 g/mol. The van der Waals surface area contributed by atoms with Gasteiger partial charge in [0.25, 0.3) is 5.91 Å². The molecule has 0 bridgehead atoms. The van der Waals surface area contributed by atoms with E-state index in [-0.39, 0.29) is 17.6 Å². The Morgan fingerprint density at radius 3 is 2.75 bits per heavy atom. The van der Waals surface area contributed by atoms with Crippen molar-refractivity contribution in [2.45, 2.75) is 18.8 Å². The molecule has 0 radical (unpaired) electrons. The highest BCUT2D eigenvalue weighted by Gasteiger charge is 2.30. The van der Waals surface area contributed by atoms with Crippen LogP contribution in [0.15, 0.2) is 43.0 Å². The fourth-order valence-corrected chi connectivity index (χ4v) is 4.43. The number of aromatic nitrogens is 8. The first-order chi connectivity index (χ1) is 15.7. The number of aromatic amines is 2. The predicted molar refractivity (Wildman–Crippen MR) is 117 cm³/mol. The molecule has 0 spiro atoms. The summed E-state index contributed by atoms with van der Waals surface area (Å²) >= 11 is 0. The second-order valence-electron chi connectivity index (χ2n) is 7.90. The number of hydrogen-bond donors (Lipinski definition) is 3. The van der Waals surface area contributed by atoms with Crippen LogP contribution in [0.25, 0.3) is 27.8 Å². The van der Waals surface area contributed by atoms with Crippen molar-refractivity contribution in [3.05, 3.63) is 54.6 Å². The smallest absolute Gasteiger partial charge is 0.291 e. The molecule has 1 aromatic carbocycles. The van der Waals surface area contributed by atoms with Crippen LogP contribution in [-0.4, -0.2) is 63.6 Å². The Kier molecular flexibility index (Phi) is 4.13. The molecule has 4 N–H and O–H groups in total. The number of likely N-dealkylation sites (tertiary alicyclic amines) is 1. The molecule has 5 heterocycles. The normalized spacial score (nSPS) is 15.1. The van der Waals surface area contributed by atoms with Gasteiger partial charge in [0.05, 0.1) is 5.69 Å². The molecular formula is C21H20N10O. The molecule has 160 valence electrons. The molecule has 11 heteroatoms. The third kappa shape index (κ3) is 2.89. The van der Waals surface area contributed by atoms with Gasteiger partial charge in [0.15, 0.2) is 5.82 Å². The summed E-state index contributed by atoms with van der Waals surface area (Å²) < 4.78 is 1.79. The SMILES string of the molecule is Nc1ncnn2c(C3CCN(C(=O)c4ncn[nH]4)CC3)nc(-c3cc4ccccc4[nH]3)c12. The summed E-state index contributed by atoms with van der Waals surface area (Å²) in [6, 6.07) is 10.1. The van der Waals surface area contributed by atoms with E-state index >= 15 is 0 Å². The fraction of sp³-hybridized carbons (Fsp3) is 0.238. The second kappa shape index (κ2) is 7.15. The monoisotopic (exact) mass is 428 g/mol. The average Bonchev–Trinajstić information content (AvgIpc) is 3.57. The summed E-state index contributed by atoms with van der Waals surface area (Å²) in [7, 11) is 0. The topological polar surface area (TPSA) is 147 Å². The van der Waals surface area contributed by atoms with Crippen LogP contribution >= 0.6 is 0 Å². The predicted octanol–water partition coefficient (Wildman–Crippen LogP) is 1.99. The van der Waals surface area contributed by atoms with Gasteiger partial charge >= 0.3 is 0 Å². The number of rotatable bonds is 3. The molecular weight excluding hydrogens is 408 g/mol. The highest BCUT2D eigenvalue weighted by Crippen LogP contribution is 2.34. The number of carbonyl (C=O) groups is 1. The van der Waals surface area contributed by atoms with Gasteiger partial charge in [-0.3, -0.25) is 9.89 Å². The van der Waals surface area contributed by atoms with E-state index in [0.717, 1.165) is 41.0 Å². The van der Waals surface area contributed by atoms with Gasteiger partial charge < -0.3 is 15.6 Å². The molecule has 6 rings (SSSR count). The number of hydrogen-bond acceptors (Lipinski definition) is 7. The Labute approximate surface area is 181 Å². The van der Waals surface area contributed by atoms with Gasteiger partial charge in [-0.1, -0.05) is 18.2 Å². The molecule has 1 aliphatic rings. The highest BCUT2D eigenvalue weighted by atomic mass is 16.2. The van der Waals surface area contributed by atoms with E-state index in [1.807, 2.05) is 18.2 Å². The summed E-state index contributed by atoms with van der Waals surface area (Å²) in [5, 5.41) is 12.0.